The zero-order chi connectivity index (χ0) is 18.0. The number of fused-ring (bicyclic) bond motifs is 1. The average molecular weight is 336 g/mol. The lowest BCUT2D eigenvalue weighted by Crippen LogP contribution is -2.33. The Morgan fingerprint density at radius 3 is 2.60 bits per heavy atom. The van der Waals surface area contributed by atoms with Gasteiger partial charge in [-0.15, -0.1) is 0 Å². The smallest absolute Gasteiger partial charge is 0.254 e. The number of aryl methyl sites for hydroxylation is 2. The molecule has 5 heteroatoms. The molecule has 2 aromatic heterocycles. The number of carbonyl (C=O) groups is 1. The van der Waals surface area contributed by atoms with Crippen molar-refractivity contribution in [1.82, 2.24) is 19.9 Å². The van der Waals surface area contributed by atoms with E-state index in [1.807, 2.05) is 43.5 Å². The first kappa shape index (κ1) is 17.1. The number of amides is 1. The first-order valence-electron chi connectivity index (χ1n) is 8.80. The lowest BCUT2D eigenvalue weighted by Gasteiger charge is -2.14. The molecule has 3 aromatic rings. The number of rotatable bonds is 5. The van der Waals surface area contributed by atoms with Crippen LogP contribution >= 0.6 is 0 Å². The van der Waals surface area contributed by atoms with Crippen LogP contribution in [0.3, 0.4) is 0 Å². The number of carbonyl (C=O) groups excluding carboxylic acids is 1. The van der Waals surface area contributed by atoms with Gasteiger partial charge < -0.3 is 5.32 Å². The zero-order valence-electron chi connectivity index (χ0n) is 15.2. The van der Waals surface area contributed by atoms with Crippen LogP contribution in [0.2, 0.25) is 0 Å². The lowest BCUT2D eigenvalue weighted by atomic mass is 10.1. The molecule has 25 heavy (non-hydrogen) atoms. The maximum Gasteiger partial charge on any atom is 0.254 e. The average Bonchev–Trinajstić information content (AvgIpc) is 2.97. The van der Waals surface area contributed by atoms with Crippen molar-refractivity contribution < 1.29 is 4.79 Å². The van der Waals surface area contributed by atoms with Crippen LogP contribution in [0.25, 0.3) is 16.8 Å². The van der Waals surface area contributed by atoms with Gasteiger partial charge in [-0.1, -0.05) is 44.2 Å². The number of hydrogen-bond donors (Lipinski definition) is 1. The highest BCUT2D eigenvalue weighted by molar-refractivity contribution is 5.96. The Morgan fingerprint density at radius 1 is 1.24 bits per heavy atom. The summed E-state index contributed by atoms with van der Waals surface area (Å²) in [7, 11) is 0. The van der Waals surface area contributed by atoms with E-state index >= 15 is 0 Å². The molecule has 5 nitrogen and oxygen atoms in total. The summed E-state index contributed by atoms with van der Waals surface area (Å²) in [6.45, 7) is 8.07. The number of nitrogens with one attached hydrogen (secondary N) is 1. The minimum Gasteiger partial charge on any atom is -0.349 e. The van der Waals surface area contributed by atoms with Gasteiger partial charge in [0.25, 0.3) is 5.91 Å². The van der Waals surface area contributed by atoms with Crippen LogP contribution in [0.4, 0.5) is 0 Å². The zero-order valence-corrected chi connectivity index (χ0v) is 15.2. The fraction of sp³-hybridized carbons (Fsp3) is 0.350. The molecule has 0 spiro atoms. The number of nitrogens with zero attached hydrogens (tertiary/aromatic N) is 3. The van der Waals surface area contributed by atoms with Crippen LogP contribution in [0, 0.1) is 6.92 Å². The normalized spacial score (nSPS) is 12.3. The number of hydrogen-bond acceptors (Lipinski definition) is 3. The molecule has 0 saturated heterocycles. The van der Waals surface area contributed by atoms with Crippen molar-refractivity contribution >= 4 is 11.6 Å². The third-order valence-corrected chi connectivity index (χ3v) is 4.55. The highest BCUT2D eigenvalue weighted by Gasteiger charge is 2.20. The maximum atomic E-state index is 12.6. The van der Waals surface area contributed by atoms with Gasteiger partial charge in [-0.25, -0.2) is 9.50 Å². The van der Waals surface area contributed by atoms with Crippen molar-refractivity contribution in [2.45, 2.75) is 46.6 Å². The molecule has 0 saturated carbocycles. The van der Waals surface area contributed by atoms with E-state index in [0.717, 1.165) is 34.6 Å². The van der Waals surface area contributed by atoms with E-state index in [4.69, 9.17) is 0 Å². The molecule has 0 aliphatic rings. The van der Waals surface area contributed by atoms with Crippen molar-refractivity contribution in [3.05, 3.63) is 53.5 Å². The van der Waals surface area contributed by atoms with E-state index in [1.54, 1.807) is 6.20 Å². The molecule has 0 radical (unpaired) electrons. The Bertz CT molecular complexity index is 899. The minimum atomic E-state index is -0.0879. The second-order valence-corrected chi connectivity index (χ2v) is 6.32. The first-order chi connectivity index (χ1) is 12.1. The van der Waals surface area contributed by atoms with Crippen LogP contribution in [0.1, 0.15) is 48.9 Å². The summed E-state index contributed by atoms with van der Waals surface area (Å²) in [4.78, 5) is 17.2. The molecular formula is C20H24N4O. The van der Waals surface area contributed by atoms with Gasteiger partial charge in [0.1, 0.15) is 0 Å². The third-order valence-electron chi connectivity index (χ3n) is 4.55. The second kappa shape index (κ2) is 7.05. The Labute approximate surface area is 148 Å². The third kappa shape index (κ3) is 3.14. The molecule has 3 rings (SSSR count). The molecule has 1 aromatic carbocycles. The molecule has 0 aliphatic heterocycles. The van der Waals surface area contributed by atoms with Crippen LogP contribution < -0.4 is 5.32 Å². The van der Waals surface area contributed by atoms with E-state index in [0.29, 0.717) is 12.0 Å². The van der Waals surface area contributed by atoms with Gasteiger partial charge in [0, 0.05) is 17.8 Å². The molecule has 1 atom stereocenters. The molecule has 0 bridgehead atoms. The van der Waals surface area contributed by atoms with Crippen molar-refractivity contribution in [2.75, 3.05) is 0 Å². The largest absolute Gasteiger partial charge is 0.349 e. The fourth-order valence-corrected chi connectivity index (χ4v) is 3.01. The number of aromatic nitrogens is 3. The van der Waals surface area contributed by atoms with E-state index in [1.165, 1.54) is 0 Å². The Kier molecular flexibility index (Phi) is 4.83. The van der Waals surface area contributed by atoms with Gasteiger partial charge in [-0.3, -0.25) is 4.79 Å². The molecule has 2 heterocycles. The molecule has 0 aliphatic carbocycles. The SMILES string of the molecule is CCc1c(C(=O)NC(C)CC)cnc2c(-c3ccccc3)c(C)nn12. The first-order valence-corrected chi connectivity index (χ1v) is 8.80. The monoisotopic (exact) mass is 336 g/mol. The second-order valence-electron chi connectivity index (χ2n) is 6.32. The van der Waals surface area contributed by atoms with E-state index < -0.39 is 0 Å². The predicted molar refractivity (Wildman–Crippen MR) is 99.8 cm³/mol. The molecule has 130 valence electrons. The summed E-state index contributed by atoms with van der Waals surface area (Å²) in [5, 5.41) is 7.70. The Balaban J connectivity index is 2.14. The summed E-state index contributed by atoms with van der Waals surface area (Å²) < 4.78 is 1.82. The van der Waals surface area contributed by atoms with Crippen molar-refractivity contribution in [3.8, 4) is 11.1 Å². The summed E-state index contributed by atoms with van der Waals surface area (Å²) in [6.07, 6.45) is 3.28. The van der Waals surface area contributed by atoms with Crippen LogP contribution in [-0.2, 0) is 6.42 Å². The van der Waals surface area contributed by atoms with Crippen LogP contribution in [-0.4, -0.2) is 26.5 Å². The molecule has 1 N–H and O–H groups in total. The fourth-order valence-electron chi connectivity index (χ4n) is 3.01. The minimum absolute atomic E-state index is 0.0879. The van der Waals surface area contributed by atoms with Crippen LogP contribution in [0.15, 0.2) is 36.5 Å². The number of benzene rings is 1. The maximum absolute atomic E-state index is 12.6. The summed E-state index contributed by atoms with van der Waals surface area (Å²) in [6, 6.07) is 10.3. The van der Waals surface area contributed by atoms with E-state index in [9.17, 15) is 4.79 Å². The molecule has 0 fully saturated rings. The van der Waals surface area contributed by atoms with E-state index in [2.05, 4.69) is 34.5 Å². The lowest BCUT2D eigenvalue weighted by molar-refractivity contribution is 0.0937. The van der Waals surface area contributed by atoms with E-state index in [-0.39, 0.29) is 11.9 Å². The van der Waals surface area contributed by atoms with Crippen molar-refractivity contribution in [2.24, 2.45) is 0 Å². The van der Waals surface area contributed by atoms with Gasteiger partial charge in [0.05, 0.1) is 17.0 Å². The topological polar surface area (TPSA) is 59.3 Å². The standard InChI is InChI=1S/C20H24N4O/c1-5-13(3)22-20(25)16-12-21-19-18(15-10-8-7-9-11-15)14(4)23-24(19)17(16)6-2/h7-13H,5-6H2,1-4H3,(H,22,25). The summed E-state index contributed by atoms with van der Waals surface area (Å²) in [5.74, 6) is -0.0879. The Morgan fingerprint density at radius 2 is 1.96 bits per heavy atom. The highest BCUT2D eigenvalue weighted by atomic mass is 16.1. The van der Waals surface area contributed by atoms with Gasteiger partial charge in [-0.2, -0.15) is 5.10 Å². The summed E-state index contributed by atoms with van der Waals surface area (Å²) in [5.41, 5.74) is 5.28. The van der Waals surface area contributed by atoms with Gasteiger partial charge >= 0.3 is 0 Å². The predicted octanol–water partition coefficient (Wildman–Crippen LogP) is 3.80. The van der Waals surface area contributed by atoms with Crippen molar-refractivity contribution in [3.63, 3.8) is 0 Å². The van der Waals surface area contributed by atoms with Gasteiger partial charge in [0.15, 0.2) is 5.65 Å². The molecular weight excluding hydrogens is 312 g/mol. The summed E-state index contributed by atoms with van der Waals surface area (Å²) >= 11 is 0. The van der Waals surface area contributed by atoms with Crippen LogP contribution in [0.5, 0.6) is 0 Å². The highest BCUT2D eigenvalue weighted by Crippen LogP contribution is 2.28. The molecule has 1 amide bonds. The van der Waals surface area contributed by atoms with Gasteiger partial charge in [-0.05, 0) is 32.3 Å². The molecule has 1 unspecified atom stereocenters. The van der Waals surface area contributed by atoms with Gasteiger partial charge in [0.2, 0.25) is 0 Å². The quantitative estimate of drug-likeness (QED) is 0.771. The Hall–Kier alpha value is -2.69. The van der Waals surface area contributed by atoms with Crippen molar-refractivity contribution in [1.29, 1.82) is 0 Å².